The summed E-state index contributed by atoms with van der Waals surface area (Å²) in [6, 6.07) is 30.9. The van der Waals surface area contributed by atoms with Crippen LogP contribution in [0, 0.1) is 0 Å². The molecule has 1 atom stereocenters. The number of aromatic nitrogens is 2. The third-order valence-electron chi connectivity index (χ3n) is 7.06. The van der Waals surface area contributed by atoms with Crippen LogP contribution in [0.25, 0.3) is 17.2 Å². The number of carbonyl (C=O) groups is 1. The predicted octanol–water partition coefficient (Wildman–Crippen LogP) is 7.14. The zero-order valence-electron chi connectivity index (χ0n) is 20.4. The van der Waals surface area contributed by atoms with Gasteiger partial charge < -0.3 is 0 Å². The third-order valence-corrected chi connectivity index (χ3v) is 7.87. The quantitative estimate of drug-likeness (QED) is 0.270. The Labute approximate surface area is 220 Å². The van der Waals surface area contributed by atoms with Crippen LogP contribution in [-0.2, 0) is 16.6 Å². The molecule has 1 aliphatic rings. The molecule has 37 heavy (non-hydrogen) atoms. The van der Waals surface area contributed by atoms with E-state index in [4.69, 9.17) is 4.98 Å². The summed E-state index contributed by atoms with van der Waals surface area (Å²) >= 11 is 1.46. The Morgan fingerprint density at radius 2 is 1.57 bits per heavy atom. The Morgan fingerprint density at radius 3 is 2.35 bits per heavy atom. The summed E-state index contributed by atoms with van der Waals surface area (Å²) in [7, 11) is 0. The van der Waals surface area contributed by atoms with Gasteiger partial charge in [-0.15, -0.1) is 11.3 Å². The Balaban J connectivity index is 1.20. The fraction of sp³-hybridized carbons (Fsp3) is 0.0938. The van der Waals surface area contributed by atoms with Crippen molar-refractivity contribution in [1.82, 2.24) is 9.97 Å². The molecule has 5 aromatic rings. The number of carbonyl (C=O) groups excluding carboxylic acids is 1. The molecule has 5 heteroatoms. The first kappa shape index (κ1) is 23.1. The minimum Gasteiger partial charge on any atom is -0.298 e. The van der Waals surface area contributed by atoms with E-state index >= 15 is 0 Å². The van der Waals surface area contributed by atoms with Gasteiger partial charge in [-0.05, 0) is 58.5 Å². The molecule has 180 valence electrons. The Hall–Kier alpha value is -4.35. The lowest BCUT2D eigenvalue weighted by Crippen LogP contribution is -2.31. The molecule has 3 aromatic carbocycles. The van der Waals surface area contributed by atoms with Crippen LogP contribution in [0.2, 0.25) is 0 Å². The van der Waals surface area contributed by atoms with E-state index < -0.39 is 5.41 Å². The van der Waals surface area contributed by atoms with E-state index in [1.807, 2.05) is 53.9 Å². The topological polar surface area (TPSA) is 54.9 Å². The molecule has 0 spiro atoms. The van der Waals surface area contributed by atoms with Gasteiger partial charge in [0.25, 0.3) is 5.91 Å². The molecule has 4 nitrogen and oxygen atoms in total. The van der Waals surface area contributed by atoms with E-state index in [0.29, 0.717) is 11.6 Å². The van der Waals surface area contributed by atoms with Crippen LogP contribution in [-0.4, -0.2) is 15.9 Å². The summed E-state index contributed by atoms with van der Waals surface area (Å²) in [5.41, 5.74) is 7.92. The van der Waals surface area contributed by atoms with Gasteiger partial charge in [0, 0.05) is 35.2 Å². The molecule has 1 amide bonds. The molecule has 1 unspecified atom stereocenters. The highest BCUT2D eigenvalue weighted by Gasteiger charge is 2.42. The molecule has 0 saturated heterocycles. The molecule has 1 N–H and O–H groups in total. The van der Waals surface area contributed by atoms with E-state index in [9.17, 15) is 4.79 Å². The van der Waals surface area contributed by atoms with Gasteiger partial charge in [-0.25, -0.2) is 4.98 Å². The molecule has 1 aliphatic carbocycles. The van der Waals surface area contributed by atoms with E-state index in [0.717, 1.165) is 39.1 Å². The number of hydrogen-bond acceptors (Lipinski definition) is 4. The van der Waals surface area contributed by atoms with Gasteiger partial charge in [-0.2, -0.15) is 0 Å². The summed E-state index contributed by atoms with van der Waals surface area (Å²) in [6.07, 6.45) is 6.32. The normalized spacial score (nSPS) is 16.2. The lowest BCUT2D eigenvalue weighted by Gasteiger charge is -2.29. The second-order valence-electron chi connectivity index (χ2n) is 9.34. The highest BCUT2D eigenvalue weighted by molar-refractivity contribution is 7.14. The van der Waals surface area contributed by atoms with Gasteiger partial charge in [0.05, 0.1) is 5.69 Å². The maximum atomic E-state index is 13.6. The van der Waals surface area contributed by atoms with Gasteiger partial charge in [-0.1, -0.05) is 78.9 Å². The van der Waals surface area contributed by atoms with Crippen molar-refractivity contribution in [2.75, 3.05) is 5.32 Å². The van der Waals surface area contributed by atoms with Crippen LogP contribution >= 0.6 is 11.3 Å². The first-order valence-electron chi connectivity index (χ1n) is 12.2. The van der Waals surface area contributed by atoms with Crippen LogP contribution < -0.4 is 5.32 Å². The first-order valence-corrected chi connectivity index (χ1v) is 13.1. The van der Waals surface area contributed by atoms with Crippen molar-refractivity contribution in [2.24, 2.45) is 0 Å². The molecule has 6 rings (SSSR count). The molecule has 0 bridgehead atoms. The van der Waals surface area contributed by atoms with Crippen LogP contribution in [0.3, 0.4) is 0 Å². The van der Waals surface area contributed by atoms with Crippen molar-refractivity contribution in [3.05, 3.63) is 142 Å². The van der Waals surface area contributed by atoms with Crippen molar-refractivity contribution < 1.29 is 4.79 Å². The number of thiazole rings is 1. The van der Waals surface area contributed by atoms with Crippen molar-refractivity contribution in [3.8, 4) is 11.1 Å². The lowest BCUT2D eigenvalue weighted by molar-refractivity contribution is -0.113. The summed E-state index contributed by atoms with van der Waals surface area (Å²) in [6.45, 7) is 2.13. The smallest absolute Gasteiger partial charge is 0.254 e. The maximum absolute atomic E-state index is 13.6. The largest absolute Gasteiger partial charge is 0.298 e. The lowest BCUT2D eigenvalue weighted by atomic mass is 9.73. The van der Waals surface area contributed by atoms with Gasteiger partial charge >= 0.3 is 0 Å². The number of nitrogens with one attached hydrogen (secondary N) is 1. The second-order valence-corrected chi connectivity index (χ2v) is 10.2. The summed E-state index contributed by atoms with van der Waals surface area (Å²) in [5, 5.41) is 5.70. The summed E-state index contributed by atoms with van der Waals surface area (Å²) in [4.78, 5) is 22.4. The number of amides is 1. The summed E-state index contributed by atoms with van der Waals surface area (Å²) < 4.78 is 0. The van der Waals surface area contributed by atoms with Crippen LogP contribution in [0.4, 0.5) is 5.13 Å². The van der Waals surface area contributed by atoms with Gasteiger partial charge in [0.1, 0.15) is 0 Å². The van der Waals surface area contributed by atoms with Crippen molar-refractivity contribution in [1.29, 1.82) is 0 Å². The minimum absolute atomic E-state index is 0.120. The molecular formula is C32H25N3OS. The Kier molecular flexibility index (Phi) is 5.99. The fourth-order valence-electron chi connectivity index (χ4n) is 5.08. The van der Waals surface area contributed by atoms with Gasteiger partial charge in [0.15, 0.2) is 5.13 Å². The monoisotopic (exact) mass is 499 g/mol. The highest BCUT2D eigenvalue weighted by atomic mass is 32.1. The van der Waals surface area contributed by atoms with Crippen molar-refractivity contribution in [3.63, 3.8) is 0 Å². The number of pyridine rings is 1. The van der Waals surface area contributed by atoms with Crippen molar-refractivity contribution in [2.45, 2.75) is 18.8 Å². The first-order chi connectivity index (χ1) is 18.1. The van der Waals surface area contributed by atoms with E-state index in [2.05, 4.69) is 65.8 Å². The molecular weight excluding hydrogens is 474 g/mol. The predicted molar refractivity (Wildman–Crippen MR) is 151 cm³/mol. The SMILES string of the molecule is CC1(c2ccccc2)C(C(=O)Nc2nc(Cc3ccc(-c4ccncc4)cc3)cs2)=Cc2ccccc21. The zero-order chi connectivity index (χ0) is 25.2. The van der Waals surface area contributed by atoms with Crippen molar-refractivity contribution >= 4 is 28.5 Å². The fourth-order valence-corrected chi connectivity index (χ4v) is 5.78. The number of hydrogen-bond donors (Lipinski definition) is 1. The van der Waals surface area contributed by atoms with Crippen LogP contribution in [0.1, 0.15) is 34.9 Å². The third kappa shape index (κ3) is 4.39. The molecule has 0 saturated carbocycles. The number of anilines is 1. The van der Waals surface area contributed by atoms with Gasteiger partial charge in [0.2, 0.25) is 0 Å². The molecule has 2 heterocycles. The Morgan fingerprint density at radius 1 is 0.865 bits per heavy atom. The maximum Gasteiger partial charge on any atom is 0.254 e. The molecule has 0 radical (unpaired) electrons. The molecule has 0 fully saturated rings. The molecule has 2 aromatic heterocycles. The number of benzene rings is 3. The van der Waals surface area contributed by atoms with Crippen LogP contribution in [0.5, 0.6) is 0 Å². The number of nitrogens with zero attached hydrogens (tertiary/aromatic N) is 2. The van der Waals surface area contributed by atoms with Crippen LogP contribution in [0.15, 0.2) is 114 Å². The average molecular weight is 500 g/mol. The summed E-state index contributed by atoms with van der Waals surface area (Å²) in [5.74, 6) is -0.120. The zero-order valence-corrected chi connectivity index (χ0v) is 21.2. The second kappa shape index (κ2) is 9.60. The number of rotatable bonds is 6. The van der Waals surface area contributed by atoms with E-state index in [1.54, 1.807) is 12.4 Å². The van der Waals surface area contributed by atoms with Gasteiger partial charge in [-0.3, -0.25) is 15.1 Å². The average Bonchev–Trinajstić information content (AvgIpc) is 3.52. The Bertz CT molecular complexity index is 1590. The standard InChI is InChI=1S/C32H25N3OS/c1-32(26-8-3-2-4-9-26)28-10-6-5-7-25(28)20-29(32)30(36)35-31-34-27(21-37-31)19-22-11-13-23(14-12-22)24-15-17-33-18-16-24/h2-18,20-21H,19H2,1H3,(H,34,35,36). The van der Waals surface area contributed by atoms with E-state index in [-0.39, 0.29) is 5.91 Å². The highest BCUT2D eigenvalue weighted by Crippen LogP contribution is 2.46. The number of fused-ring (bicyclic) bond motifs is 1. The van der Waals surface area contributed by atoms with E-state index in [1.165, 1.54) is 16.9 Å². The minimum atomic E-state index is -0.529. The molecule has 0 aliphatic heterocycles.